The van der Waals surface area contributed by atoms with E-state index in [0.717, 1.165) is 47.6 Å². The first-order valence-corrected chi connectivity index (χ1v) is 10.6. The first-order valence-electron chi connectivity index (χ1n) is 10.6. The van der Waals surface area contributed by atoms with Crippen molar-refractivity contribution < 1.29 is 19.3 Å². The number of unbranched alkanes of at least 4 members (excludes halogenated alkanes) is 1. The van der Waals surface area contributed by atoms with Gasteiger partial charge in [0.2, 0.25) is 0 Å². The van der Waals surface area contributed by atoms with Gasteiger partial charge in [-0.25, -0.2) is 0 Å². The van der Waals surface area contributed by atoms with Crippen LogP contribution < -0.4 is 14.2 Å². The molecule has 31 heavy (non-hydrogen) atoms. The second-order valence-electron chi connectivity index (χ2n) is 7.33. The van der Waals surface area contributed by atoms with Crippen molar-refractivity contribution in [2.75, 3.05) is 21.3 Å². The number of ether oxygens (including phenoxy) is 3. The molecule has 0 radical (unpaired) electrons. The fourth-order valence-corrected chi connectivity index (χ4v) is 3.25. The van der Waals surface area contributed by atoms with Gasteiger partial charge in [0.05, 0.1) is 27.4 Å². The number of aliphatic hydroxyl groups excluding tert-OH is 1. The van der Waals surface area contributed by atoms with E-state index in [1.54, 1.807) is 21.3 Å². The molecule has 4 nitrogen and oxygen atoms in total. The van der Waals surface area contributed by atoms with E-state index in [2.05, 4.69) is 37.3 Å². The largest absolute Gasteiger partial charge is 0.497 e. The van der Waals surface area contributed by atoms with Gasteiger partial charge in [-0.15, -0.1) is 0 Å². The van der Waals surface area contributed by atoms with Crippen molar-refractivity contribution in [2.45, 2.75) is 38.7 Å². The maximum atomic E-state index is 10.5. The number of methoxy groups -OCH3 is 3. The Morgan fingerprint density at radius 1 is 0.935 bits per heavy atom. The Morgan fingerprint density at radius 2 is 1.68 bits per heavy atom. The number of para-hydroxylation sites is 1. The smallest absolute Gasteiger partial charge is 0.126 e. The summed E-state index contributed by atoms with van der Waals surface area (Å²) in [5.74, 6) is 2.38. The molecule has 0 spiro atoms. The molecule has 2 rings (SSSR count). The number of hydrogen-bond donors (Lipinski definition) is 1. The van der Waals surface area contributed by atoms with E-state index in [-0.39, 0.29) is 0 Å². The molecular weight excluding hydrogens is 388 g/mol. The second kappa shape index (κ2) is 13.3. The monoisotopic (exact) mass is 422 g/mol. The fourth-order valence-electron chi connectivity index (χ4n) is 3.25. The Morgan fingerprint density at radius 3 is 2.42 bits per heavy atom. The predicted octanol–water partition coefficient (Wildman–Crippen LogP) is 6.52. The average molecular weight is 423 g/mol. The van der Waals surface area contributed by atoms with Crippen molar-refractivity contribution in [1.29, 1.82) is 0 Å². The van der Waals surface area contributed by atoms with Crippen LogP contribution in [0, 0.1) is 0 Å². The van der Waals surface area contributed by atoms with Crippen LogP contribution in [0.1, 0.15) is 49.8 Å². The lowest BCUT2D eigenvalue weighted by Gasteiger charge is -2.14. The molecule has 0 saturated carbocycles. The molecule has 166 valence electrons. The number of rotatable bonds is 12. The van der Waals surface area contributed by atoms with Crippen molar-refractivity contribution in [2.24, 2.45) is 0 Å². The van der Waals surface area contributed by atoms with Crippen LogP contribution >= 0.6 is 0 Å². The van der Waals surface area contributed by atoms with Crippen LogP contribution in [0.4, 0.5) is 0 Å². The minimum absolute atomic E-state index is 0.526. The van der Waals surface area contributed by atoms with Gasteiger partial charge in [-0.1, -0.05) is 54.2 Å². The fraction of sp³-hybridized carbons (Fsp3) is 0.333. The van der Waals surface area contributed by atoms with E-state index in [9.17, 15) is 5.11 Å². The highest BCUT2D eigenvalue weighted by molar-refractivity contribution is 5.59. The van der Waals surface area contributed by atoms with Gasteiger partial charge in [0.15, 0.2) is 0 Å². The summed E-state index contributed by atoms with van der Waals surface area (Å²) in [7, 11) is 4.96. The van der Waals surface area contributed by atoms with Crippen molar-refractivity contribution in [3.05, 3.63) is 83.5 Å². The molecule has 4 heteroatoms. The third-order valence-electron chi connectivity index (χ3n) is 5.06. The third kappa shape index (κ3) is 7.99. The Kier molecular flexibility index (Phi) is 10.5. The Labute approximate surface area is 186 Å². The highest BCUT2D eigenvalue weighted by atomic mass is 16.5. The molecule has 0 heterocycles. The lowest BCUT2D eigenvalue weighted by Crippen LogP contribution is -2.00. The minimum atomic E-state index is -0.526. The van der Waals surface area contributed by atoms with Gasteiger partial charge in [0.25, 0.3) is 0 Å². The van der Waals surface area contributed by atoms with E-state index in [1.165, 1.54) is 5.57 Å². The van der Waals surface area contributed by atoms with Crippen molar-refractivity contribution in [3.63, 3.8) is 0 Å². The van der Waals surface area contributed by atoms with Gasteiger partial charge in [0, 0.05) is 11.1 Å². The highest BCUT2D eigenvalue weighted by Gasteiger charge is 2.12. The van der Waals surface area contributed by atoms with Crippen molar-refractivity contribution >= 4 is 6.08 Å². The van der Waals surface area contributed by atoms with Gasteiger partial charge in [-0.05, 0) is 56.9 Å². The first kappa shape index (κ1) is 24.3. The molecule has 0 saturated heterocycles. The zero-order valence-corrected chi connectivity index (χ0v) is 19.0. The lowest BCUT2D eigenvalue weighted by atomic mass is 10.0. The number of allylic oxidation sites excluding steroid dienone is 5. The summed E-state index contributed by atoms with van der Waals surface area (Å²) in [5.41, 5.74) is 3.09. The summed E-state index contributed by atoms with van der Waals surface area (Å²) in [6.07, 6.45) is 13.4. The van der Waals surface area contributed by atoms with Gasteiger partial charge in [-0.2, -0.15) is 0 Å². The quantitative estimate of drug-likeness (QED) is 0.312. The predicted molar refractivity (Wildman–Crippen MR) is 128 cm³/mol. The number of hydrogen-bond acceptors (Lipinski definition) is 4. The average Bonchev–Trinajstić information content (AvgIpc) is 2.81. The Hall–Kier alpha value is -2.98. The molecule has 2 aromatic rings. The molecule has 0 fully saturated rings. The standard InChI is InChI=1S/C27H34O4/c1-21(16-18-25(28)24-14-10-11-15-27(24)31-4)12-8-6-5-7-9-13-22-20-23(29-2)17-19-26(22)30-3/h6,8-15,17,19-20,25,28H,5,7,16,18H2,1-4H3/b8-6+,13-9-,21-12+. The highest BCUT2D eigenvalue weighted by Crippen LogP contribution is 2.28. The van der Waals surface area contributed by atoms with Gasteiger partial charge in [-0.3, -0.25) is 0 Å². The molecule has 0 aliphatic rings. The molecule has 1 unspecified atom stereocenters. The van der Waals surface area contributed by atoms with Crippen LogP contribution in [0.2, 0.25) is 0 Å². The van der Waals surface area contributed by atoms with E-state index in [1.807, 2.05) is 42.5 Å². The van der Waals surface area contributed by atoms with E-state index in [0.29, 0.717) is 6.42 Å². The van der Waals surface area contributed by atoms with Crippen LogP contribution in [0.25, 0.3) is 6.08 Å². The first-order chi connectivity index (χ1) is 15.1. The SMILES string of the molecule is COc1ccc(OC)c(/C=C\CC/C=C/C=C(\C)CCC(O)c2ccccc2OC)c1. The maximum Gasteiger partial charge on any atom is 0.126 e. The molecule has 2 aromatic carbocycles. The molecule has 0 aromatic heterocycles. The van der Waals surface area contributed by atoms with Crippen LogP contribution in [0.15, 0.2) is 72.3 Å². The van der Waals surface area contributed by atoms with Crippen LogP contribution in [0.3, 0.4) is 0 Å². The van der Waals surface area contributed by atoms with Crippen LogP contribution in [0.5, 0.6) is 17.2 Å². The summed E-state index contributed by atoms with van der Waals surface area (Å²) < 4.78 is 16.0. The van der Waals surface area contributed by atoms with E-state index in [4.69, 9.17) is 14.2 Å². The topological polar surface area (TPSA) is 47.9 Å². The summed E-state index contributed by atoms with van der Waals surface area (Å²) in [6, 6.07) is 13.4. The summed E-state index contributed by atoms with van der Waals surface area (Å²) in [6.45, 7) is 2.09. The van der Waals surface area contributed by atoms with Crippen LogP contribution in [-0.4, -0.2) is 26.4 Å². The van der Waals surface area contributed by atoms with Gasteiger partial charge >= 0.3 is 0 Å². The summed E-state index contributed by atoms with van der Waals surface area (Å²) >= 11 is 0. The number of benzene rings is 2. The maximum absolute atomic E-state index is 10.5. The normalized spacial score (nSPS) is 13.0. The third-order valence-corrected chi connectivity index (χ3v) is 5.06. The van der Waals surface area contributed by atoms with Crippen molar-refractivity contribution in [3.8, 4) is 17.2 Å². The zero-order chi connectivity index (χ0) is 22.5. The van der Waals surface area contributed by atoms with E-state index < -0.39 is 6.10 Å². The van der Waals surface area contributed by atoms with E-state index >= 15 is 0 Å². The van der Waals surface area contributed by atoms with Gasteiger partial charge < -0.3 is 19.3 Å². The second-order valence-corrected chi connectivity index (χ2v) is 7.33. The number of aliphatic hydroxyl groups is 1. The molecule has 1 N–H and O–H groups in total. The Bertz CT molecular complexity index is 896. The molecule has 1 atom stereocenters. The summed E-state index contributed by atoms with van der Waals surface area (Å²) in [4.78, 5) is 0. The molecular formula is C27H34O4. The summed E-state index contributed by atoms with van der Waals surface area (Å²) in [5, 5.41) is 10.5. The van der Waals surface area contributed by atoms with Crippen LogP contribution in [-0.2, 0) is 0 Å². The Balaban J connectivity index is 1.77. The molecule has 0 aliphatic heterocycles. The molecule has 0 aliphatic carbocycles. The minimum Gasteiger partial charge on any atom is -0.497 e. The van der Waals surface area contributed by atoms with Crippen molar-refractivity contribution in [1.82, 2.24) is 0 Å². The lowest BCUT2D eigenvalue weighted by molar-refractivity contribution is 0.163. The zero-order valence-electron chi connectivity index (χ0n) is 19.0. The van der Waals surface area contributed by atoms with Gasteiger partial charge in [0.1, 0.15) is 17.2 Å². The molecule has 0 bridgehead atoms. The molecule has 0 amide bonds.